The number of carbonyl (C=O) groups is 2. The average molecular weight is 462 g/mol. The number of hydrogen-bond acceptors (Lipinski definition) is 7. The number of halogens is 1. The van der Waals surface area contributed by atoms with E-state index in [4.69, 9.17) is 20.5 Å². The van der Waals surface area contributed by atoms with Gasteiger partial charge in [-0.1, -0.05) is 17.7 Å². The summed E-state index contributed by atoms with van der Waals surface area (Å²) in [6, 6.07) is 6.58. The Kier molecular flexibility index (Phi) is 6.66. The van der Waals surface area contributed by atoms with E-state index in [0.29, 0.717) is 37.3 Å². The van der Waals surface area contributed by atoms with Crippen LogP contribution in [-0.2, 0) is 4.79 Å². The van der Waals surface area contributed by atoms with Crippen molar-refractivity contribution in [1.29, 1.82) is 0 Å². The molecular formula is C22H27ClN6O3. The first-order chi connectivity index (χ1) is 16.5. The van der Waals surface area contributed by atoms with Gasteiger partial charge in [-0.15, -0.1) is 0 Å². The lowest BCUT2D eigenvalue weighted by Gasteiger charge is -2.17. The van der Waals surface area contributed by atoms with Crippen molar-refractivity contribution in [2.45, 2.75) is 12.5 Å². The molecule has 0 bridgehead atoms. The van der Waals surface area contributed by atoms with Crippen LogP contribution < -0.4 is 15.4 Å². The molecule has 1 atom stereocenters. The number of carbonyl (C=O) groups excluding carboxylic acids is 2. The molecule has 9 nitrogen and oxygen atoms in total. The van der Waals surface area contributed by atoms with Crippen LogP contribution in [0, 0.1) is 0 Å². The number of amides is 2. The van der Waals surface area contributed by atoms with E-state index < -0.39 is 7.04 Å². The Balaban J connectivity index is 1.54. The zero-order valence-electron chi connectivity index (χ0n) is 20.8. The molecule has 2 heterocycles. The number of nitrogens with one attached hydrogen (secondary N) is 2. The van der Waals surface area contributed by atoms with Crippen molar-refractivity contribution < 1.29 is 18.4 Å². The lowest BCUT2D eigenvalue weighted by molar-refractivity contribution is -0.111. The number of methoxy groups -OCH3 is 1. The van der Waals surface area contributed by atoms with Crippen LogP contribution in [0.5, 0.6) is 5.88 Å². The Morgan fingerprint density at radius 1 is 1.38 bits per heavy atom. The van der Waals surface area contributed by atoms with Gasteiger partial charge in [0.15, 0.2) is 0 Å². The fourth-order valence-electron chi connectivity index (χ4n) is 3.17. The number of hydrogen-bond donors (Lipinski definition) is 2. The van der Waals surface area contributed by atoms with Crippen LogP contribution in [-0.4, -0.2) is 78.4 Å². The Morgan fingerprint density at radius 3 is 2.88 bits per heavy atom. The molecule has 0 radical (unpaired) electrons. The summed E-state index contributed by atoms with van der Waals surface area (Å²) in [4.78, 5) is 36.6. The van der Waals surface area contributed by atoms with Gasteiger partial charge in [0.1, 0.15) is 5.02 Å². The van der Waals surface area contributed by atoms with E-state index >= 15 is 0 Å². The average Bonchev–Trinajstić information content (AvgIpc) is 3.23. The molecule has 10 heteroatoms. The lowest BCUT2D eigenvalue weighted by Crippen LogP contribution is -2.31. The highest BCUT2D eigenvalue weighted by Crippen LogP contribution is 2.23. The van der Waals surface area contributed by atoms with Gasteiger partial charge < -0.3 is 25.2 Å². The van der Waals surface area contributed by atoms with Gasteiger partial charge in [0.25, 0.3) is 5.91 Å². The Labute approximate surface area is 196 Å². The number of nitrogens with zero attached hydrogens (tertiary/aromatic N) is 4. The largest absolute Gasteiger partial charge is 0.480 e. The molecule has 0 spiro atoms. The first-order valence-electron chi connectivity index (χ1n) is 11.5. The van der Waals surface area contributed by atoms with E-state index in [1.54, 1.807) is 35.2 Å². The fourth-order valence-corrected chi connectivity index (χ4v) is 3.30. The van der Waals surface area contributed by atoms with Crippen LogP contribution in [0.15, 0.2) is 42.6 Å². The molecule has 2 aromatic rings. The maximum Gasteiger partial charge on any atom is 0.253 e. The van der Waals surface area contributed by atoms with Crippen molar-refractivity contribution in [1.82, 2.24) is 19.8 Å². The lowest BCUT2D eigenvalue weighted by atomic mass is 10.2. The van der Waals surface area contributed by atoms with Gasteiger partial charge in [-0.05, 0) is 44.8 Å². The molecule has 0 saturated carbocycles. The van der Waals surface area contributed by atoms with E-state index in [9.17, 15) is 9.59 Å². The number of benzene rings is 1. The van der Waals surface area contributed by atoms with Gasteiger partial charge in [-0.2, -0.15) is 4.98 Å². The quantitative estimate of drug-likeness (QED) is 0.582. The van der Waals surface area contributed by atoms with Crippen molar-refractivity contribution in [3.8, 4) is 5.88 Å². The first-order valence-corrected chi connectivity index (χ1v) is 10.4. The molecule has 1 fully saturated rings. The molecule has 1 aliphatic heterocycles. The second-order valence-corrected chi connectivity index (χ2v) is 7.97. The number of rotatable bonds is 8. The summed E-state index contributed by atoms with van der Waals surface area (Å²) in [7, 11) is 1.14. The van der Waals surface area contributed by atoms with Crippen molar-refractivity contribution in [2.75, 3.05) is 51.4 Å². The van der Waals surface area contributed by atoms with E-state index in [-0.39, 0.29) is 34.7 Å². The Hall–Kier alpha value is -3.17. The second-order valence-electron chi connectivity index (χ2n) is 7.56. The molecule has 1 aromatic heterocycles. The molecule has 32 heavy (non-hydrogen) atoms. The zero-order valence-corrected chi connectivity index (χ0v) is 18.6. The number of likely N-dealkylation sites (N-methyl/N-ethyl adjacent to an activating group) is 1. The van der Waals surface area contributed by atoms with Crippen LogP contribution in [0.2, 0.25) is 5.02 Å². The van der Waals surface area contributed by atoms with E-state index in [0.717, 1.165) is 0 Å². The maximum absolute atomic E-state index is 12.9. The standard InChI is InChI=1S/C22H27ClN6O3/c1-28(2)11-4-5-19(30)25-16-8-6-15(7-9-16)21(31)29-12-10-17(14-29)26-22-24-13-18(23)20(27-22)32-3/h4-9,13,17H,10-12,14H2,1-3H3,(H,25,30)(H,24,26,27)/b5-4+/t17-/m1/s1/i3D3. The number of aromatic nitrogens is 2. The third-order valence-corrected chi connectivity index (χ3v) is 5.02. The molecule has 2 N–H and O–H groups in total. The number of ether oxygens (including phenoxy) is 1. The molecule has 1 aromatic carbocycles. The number of likely N-dealkylation sites (tertiary alicyclic amines) is 1. The first kappa shape index (κ1) is 19.5. The SMILES string of the molecule is [2H]C([2H])([2H])Oc1nc(N[C@@H]2CCN(C(=O)c3ccc(NC(=O)/C=C/CN(C)C)cc3)C2)ncc1Cl. The van der Waals surface area contributed by atoms with Crippen molar-refractivity contribution in [2.24, 2.45) is 0 Å². The third-order valence-electron chi connectivity index (χ3n) is 4.76. The predicted octanol–water partition coefficient (Wildman–Crippen LogP) is 2.52. The van der Waals surface area contributed by atoms with Gasteiger partial charge in [-0.25, -0.2) is 4.98 Å². The summed E-state index contributed by atoms with van der Waals surface area (Å²) in [6.45, 7) is 1.60. The molecule has 170 valence electrons. The monoisotopic (exact) mass is 461 g/mol. The Morgan fingerprint density at radius 2 is 2.16 bits per heavy atom. The Bertz CT molecular complexity index is 1080. The number of anilines is 2. The molecule has 0 unspecified atom stereocenters. The molecule has 3 rings (SSSR count). The minimum Gasteiger partial charge on any atom is -0.480 e. The van der Waals surface area contributed by atoms with Crippen LogP contribution in [0.4, 0.5) is 11.6 Å². The summed E-state index contributed by atoms with van der Waals surface area (Å²) in [5.41, 5.74) is 1.10. The topological polar surface area (TPSA) is 99.7 Å². The highest BCUT2D eigenvalue weighted by molar-refractivity contribution is 6.31. The summed E-state index contributed by atoms with van der Waals surface area (Å²) in [5.74, 6) is -0.458. The molecule has 1 saturated heterocycles. The van der Waals surface area contributed by atoms with Gasteiger partial charge in [0.2, 0.25) is 17.7 Å². The summed E-state index contributed by atoms with van der Waals surface area (Å²) in [5, 5.41) is 5.84. The third kappa shape index (κ3) is 6.41. The van der Waals surface area contributed by atoms with Crippen molar-refractivity contribution >= 4 is 35.1 Å². The minimum absolute atomic E-state index is 0.0147. The minimum atomic E-state index is -2.69. The van der Waals surface area contributed by atoms with E-state index in [1.807, 2.05) is 19.0 Å². The van der Waals surface area contributed by atoms with E-state index in [1.165, 1.54) is 12.3 Å². The second kappa shape index (κ2) is 10.9. The summed E-state index contributed by atoms with van der Waals surface area (Å²) >= 11 is 5.92. The zero-order chi connectivity index (χ0) is 25.6. The highest BCUT2D eigenvalue weighted by Gasteiger charge is 2.27. The smallest absolute Gasteiger partial charge is 0.253 e. The van der Waals surface area contributed by atoms with Crippen molar-refractivity contribution in [3.63, 3.8) is 0 Å². The predicted molar refractivity (Wildman–Crippen MR) is 124 cm³/mol. The maximum atomic E-state index is 12.9. The van der Waals surface area contributed by atoms with E-state index in [2.05, 4.69) is 20.6 Å². The van der Waals surface area contributed by atoms with Crippen LogP contribution >= 0.6 is 11.6 Å². The van der Waals surface area contributed by atoms with Gasteiger partial charge in [0.05, 0.1) is 17.3 Å². The molecule has 0 aliphatic carbocycles. The molecule has 2 amide bonds. The highest BCUT2D eigenvalue weighted by atomic mass is 35.5. The molecular weight excluding hydrogens is 432 g/mol. The van der Waals surface area contributed by atoms with Crippen LogP contribution in [0.1, 0.15) is 20.9 Å². The van der Waals surface area contributed by atoms with Gasteiger partial charge >= 0.3 is 0 Å². The van der Waals surface area contributed by atoms with Crippen LogP contribution in [0.25, 0.3) is 0 Å². The summed E-state index contributed by atoms with van der Waals surface area (Å²) < 4.78 is 26.4. The molecule has 1 aliphatic rings. The van der Waals surface area contributed by atoms with Gasteiger partial charge in [-0.3, -0.25) is 9.59 Å². The summed E-state index contributed by atoms with van der Waals surface area (Å²) in [6.07, 6.45) is 5.15. The normalized spacial score (nSPS) is 17.7. The van der Waals surface area contributed by atoms with Crippen LogP contribution in [0.3, 0.4) is 0 Å². The van der Waals surface area contributed by atoms with Gasteiger partial charge in [0, 0.05) is 43.0 Å². The fraction of sp³-hybridized carbons (Fsp3) is 0.364. The van der Waals surface area contributed by atoms with Crippen molar-refractivity contribution in [3.05, 3.63) is 53.2 Å².